The molecule has 5 nitrogen and oxygen atoms in total. The van der Waals surface area contributed by atoms with E-state index in [-0.39, 0.29) is 0 Å². The molecule has 0 saturated carbocycles. The van der Waals surface area contributed by atoms with Crippen molar-refractivity contribution in [3.63, 3.8) is 0 Å². The second kappa shape index (κ2) is 45.5. The first-order valence-corrected chi connectivity index (χ1v) is 17.0. The van der Waals surface area contributed by atoms with Crippen molar-refractivity contribution in [2.24, 2.45) is 0 Å². The van der Waals surface area contributed by atoms with Gasteiger partial charge in [-0.1, -0.05) is 184 Å². The minimum absolute atomic E-state index is 0.322. The number of phenols is 3. The van der Waals surface area contributed by atoms with Gasteiger partial charge < -0.3 is 25.5 Å². The van der Waals surface area contributed by atoms with Crippen LogP contribution in [-0.4, -0.2) is 39.8 Å². The lowest BCUT2D eigenvalue weighted by atomic mass is 10.0. The van der Waals surface area contributed by atoms with E-state index >= 15 is 0 Å². The molecule has 49 heavy (non-hydrogen) atoms. The summed E-state index contributed by atoms with van der Waals surface area (Å²) in [5.74, 6) is 2.28. The van der Waals surface area contributed by atoms with Gasteiger partial charge in [0.05, 0.1) is 0 Å². The highest BCUT2D eigenvalue weighted by Gasteiger charge is 1.94. The number of para-hydroxylation sites is 3. The van der Waals surface area contributed by atoms with Crippen molar-refractivity contribution in [3.8, 4) is 17.2 Å². The summed E-state index contributed by atoms with van der Waals surface area (Å²) in [6, 6.07) is 47.2. The van der Waals surface area contributed by atoms with E-state index in [1.807, 2.05) is 71.9 Å². The zero-order valence-electron chi connectivity index (χ0n) is 32.3. The first-order chi connectivity index (χ1) is 23.8. The number of phenolic OH excluding ortho intramolecular Hbond substituents is 3. The molecule has 0 saturated heterocycles. The second-order valence-corrected chi connectivity index (χ2v) is 9.14. The Bertz CT molecular complexity index is 1070. The molecule has 0 aliphatic rings. The van der Waals surface area contributed by atoms with Crippen molar-refractivity contribution in [3.05, 3.63) is 163 Å². The smallest absolute Gasteiger partial charge is 0.115 e. The molecule has 5 aromatic rings. The van der Waals surface area contributed by atoms with Crippen molar-refractivity contribution in [1.29, 1.82) is 0 Å². The molecule has 0 aromatic heterocycles. The van der Waals surface area contributed by atoms with Crippen LogP contribution in [0, 0.1) is 0 Å². The van der Waals surface area contributed by atoms with Gasteiger partial charge in [0.1, 0.15) is 17.2 Å². The van der Waals surface area contributed by atoms with E-state index in [9.17, 15) is 0 Å². The highest BCUT2D eigenvalue weighted by Crippen LogP contribution is 2.12. The minimum Gasteiger partial charge on any atom is -0.508 e. The Balaban J connectivity index is -0.000000155. The molecule has 0 unspecified atom stereocenters. The van der Waals surface area contributed by atoms with Crippen LogP contribution in [0.25, 0.3) is 0 Å². The Labute approximate surface area is 300 Å². The van der Waals surface area contributed by atoms with Crippen molar-refractivity contribution in [1.82, 2.24) is 0 Å². The van der Waals surface area contributed by atoms with Crippen LogP contribution in [0.2, 0.25) is 0 Å². The molecule has 0 atom stereocenters. The summed E-state index contributed by atoms with van der Waals surface area (Å²) in [4.78, 5) is 0. The standard InChI is InChI=1S/2C9H12.3C6H6O.3C2H6.2CH4O/c2*1-8(2)9-6-4-3-5-7-9;3*7-6-4-2-1-3-5-6;5*1-2/h2*3-8H,1-2H3;3*1-5,7H;3*1-2H3;2*2H,1H3. The Kier molecular flexibility index (Phi) is 50.1. The minimum atomic E-state index is 0.322. The molecule has 5 N–H and O–H groups in total. The fourth-order valence-corrected chi connectivity index (χ4v) is 2.96. The molecule has 5 aromatic carbocycles. The Morgan fingerprint density at radius 2 is 0.429 bits per heavy atom. The maximum Gasteiger partial charge on any atom is 0.115 e. The third-order valence-corrected chi connectivity index (χ3v) is 5.20. The lowest BCUT2D eigenvalue weighted by Gasteiger charge is -2.01. The van der Waals surface area contributed by atoms with Crippen LogP contribution < -0.4 is 0 Å². The molecule has 0 amide bonds. The van der Waals surface area contributed by atoms with Crippen molar-refractivity contribution < 1.29 is 25.5 Å². The zero-order valence-corrected chi connectivity index (χ0v) is 32.3. The van der Waals surface area contributed by atoms with E-state index in [1.165, 1.54) is 11.1 Å². The number of benzene rings is 5. The Morgan fingerprint density at radius 3 is 0.510 bits per heavy atom. The average molecular weight is 677 g/mol. The highest BCUT2D eigenvalue weighted by molar-refractivity contribution is 5.20. The average Bonchev–Trinajstić information content (AvgIpc) is 3.18. The normalized spacial score (nSPS) is 8.00. The number of hydrogen-bond donors (Lipinski definition) is 5. The Hall–Kier alpha value is -4.58. The summed E-state index contributed by atoms with van der Waals surface area (Å²) in [5, 5.41) is 39.9. The zero-order chi connectivity index (χ0) is 38.7. The van der Waals surface area contributed by atoms with Crippen molar-refractivity contribution in [2.75, 3.05) is 14.2 Å². The van der Waals surface area contributed by atoms with Crippen LogP contribution in [0.1, 0.15) is 92.2 Å². The number of aliphatic hydroxyl groups is 2. The molecule has 0 aliphatic carbocycles. The topological polar surface area (TPSA) is 101 Å². The van der Waals surface area contributed by atoms with E-state index in [0.717, 1.165) is 14.2 Å². The van der Waals surface area contributed by atoms with Gasteiger partial charge in [-0.3, -0.25) is 0 Å². The second-order valence-electron chi connectivity index (χ2n) is 9.14. The van der Waals surface area contributed by atoms with Gasteiger partial charge in [0.15, 0.2) is 0 Å². The summed E-state index contributed by atoms with van der Waals surface area (Å²) in [6.07, 6.45) is 0. The van der Waals surface area contributed by atoms with Gasteiger partial charge >= 0.3 is 0 Å². The first kappa shape index (κ1) is 53.9. The molecular weight excluding hydrogens is 608 g/mol. The SMILES string of the molecule is CC.CC.CC.CC(C)c1ccccc1.CC(C)c1ccccc1.CO.CO.Oc1ccccc1.Oc1ccccc1.Oc1ccccc1. The molecular formula is C44H68O5. The van der Waals surface area contributed by atoms with E-state index in [0.29, 0.717) is 29.1 Å². The summed E-state index contributed by atoms with van der Waals surface area (Å²) in [7, 11) is 2.00. The van der Waals surface area contributed by atoms with Gasteiger partial charge in [0.2, 0.25) is 0 Å². The fraction of sp³-hybridized carbons (Fsp3) is 0.318. The number of hydrogen-bond acceptors (Lipinski definition) is 5. The van der Waals surface area contributed by atoms with E-state index in [1.54, 1.807) is 72.8 Å². The molecule has 0 aliphatic heterocycles. The predicted molar refractivity (Wildman–Crippen MR) is 216 cm³/mol. The molecule has 0 spiro atoms. The molecule has 0 bridgehead atoms. The summed E-state index contributed by atoms with van der Waals surface area (Å²) < 4.78 is 0. The third-order valence-electron chi connectivity index (χ3n) is 5.20. The molecule has 274 valence electrons. The predicted octanol–water partition coefficient (Wildman–Crippen LogP) is 12.1. The number of aromatic hydroxyl groups is 3. The third kappa shape index (κ3) is 39.5. The van der Waals surface area contributed by atoms with E-state index < -0.39 is 0 Å². The van der Waals surface area contributed by atoms with Gasteiger partial charge in [-0.15, -0.1) is 0 Å². The summed E-state index contributed by atoms with van der Waals surface area (Å²) >= 11 is 0. The number of aliphatic hydroxyl groups excluding tert-OH is 2. The quantitative estimate of drug-likeness (QED) is 0.128. The van der Waals surface area contributed by atoms with E-state index in [2.05, 4.69) is 76.2 Å². The number of rotatable bonds is 2. The lowest BCUT2D eigenvalue weighted by Crippen LogP contribution is -1.83. The monoisotopic (exact) mass is 677 g/mol. The van der Waals surface area contributed by atoms with Crippen LogP contribution in [0.5, 0.6) is 17.2 Å². The summed E-state index contributed by atoms with van der Waals surface area (Å²) in [6.45, 7) is 20.8. The highest BCUT2D eigenvalue weighted by atomic mass is 16.3. The molecule has 0 radical (unpaired) electrons. The summed E-state index contributed by atoms with van der Waals surface area (Å²) in [5.41, 5.74) is 2.83. The van der Waals surface area contributed by atoms with Crippen LogP contribution >= 0.6 is 0 Å². The van der Waals surface area contributed by atoms with Crippen molar-refractivity contribution in [2.45, 2.75) is 81.1 Å². The first-order valence-electron chi connectivity index (χ1n) is 17.0. The van der Waals surface area contributed by atoms with Crippen LogP contribution in [0.4, 0.5) is 0 Å². The Morgan fingerprint density at radius 1 is 0.286 bits per heavy atom. The lowest BCUT2D eigenvalue weighted by molar-refractivity contribution is 0.399. The largest absolute Gasteiger partial charge is 0.508 e. The maximum atomic E-state index is 8.63. The van der Waals surface area contributed by atoms with Gasteiger partial charge in [0, 0.05) is 14.2 Å². The van der Waals surface area contributed by atoms with Crippen molar-refractivity contribution >= 4 is 0 Å². The molecule has 5 heteroatoms. The molecule has 0 fully saturated rings. The van der Waals surface area contributed by atoms with Gasteiger partial charge in [-0.05, 0) is 59.4 Å². The fourth-order valence-electron chi connectivity index (χ4n) is 2.96. The van der Waals surface area contributed by atoms with Crippen LogP contribution in [0.15, 0.2) is 152 Å². The van der Waals surface area contributed by atoms with Crippen LogP contribution in [0.3, 0.4) is 0 Å². The van der Waals surface area contributed by atoms with Gasteiger partial charge in [0.25, 0.3) is 0 Å². The van der Waals surface area contributed by atoms with Gasteiger partial charge in [-0.25, -0.2) is 0 Å². The van der Waals surface area contributed by atoms with Crippen LogP contribution in [-0.2, 0) is 0 Å². The van der Waals surface area contributed by atoms with Gasteiger partial charge in [-0.2, -0.15) is 0 Å². The molecule has 0 heterocycles. The maximum absolute atomic E-state index is 8.63. The molecule has 5 rings (SSSR count). The van der Waals surface area contributed by atoms with E-state index in [4.69, 9.17) is 25.5 Å².